The smallest absolute Gasteiger partial charge is 0.253 e. The molecule has 1 fully saturated rings. The Bertz CT molecular complexity index is 403. The minimum absolute atomic E-state index is 0. The highest BCUT2D eigenvalue weighted by molar-refractivity contribution is 5.94. The van der Waals surface area contributed by atoms with Gasteiger partial charge in [0.25, 0.3) is 5.91 Å². The first-order valence-corrected chi connectivity index (χ1v) is 6.23. The van der Waals surface area contributed by atoms with E-state index in [1.54, 1.807) is 0 Å². The van der Waals surface area contributed by atoms with Gasteiger partial charge in [-0.05, 0) is 38.4 Å². The van der Waals surface area contributed by atoms with Crippen LogP contribution in [0.5, 0.6) is 0 Å². The molecule has 2 rings (SSSR count). The quantitative estimate of drug-likeness (QED) is 0.892. The Morgan fingerprint density at radius 3 is 2.83 bits per heavy atom. The largest absolute Gasteiger partial charge is 0.337 e. The molecule has 0 radical (unpaired) electrons. The van der Waals surface area contributed by atoms with Gasteiger partial charge in [-0.15, -0.1) is 12.4 Å². The SMILES string of the molecule is Cc1cccc(C(=O)N(C)[C@H]2CCCNC2)c1.Cl. The molecule has 0 unspecified atom stereocenters. The fraction of sp³-hybridized carbons (Fsp3) is 0.500. The van der Waals surface area contributed by atoms with Crippen molar-refractivity contribution in [3.63, 3.8) is 0 Å². The van der Waals surface area contributed by atoms with Crippen molar-refractivity contribution >= 4 is 18.3 Å². The van der Waals surface area contributed by atoms with E-state index in [0.29, 0.717) is 6.04 Å². The van der Waals surface area contributed by atoms with E-state index >= 15 is 0 Å². The monoisotopic (exact) mass is 268 g/mol. The second-order valence-electron chi connectivity index (χ2n) is 4.79. The standard InChI is InChI=1S/C14H20N2O.ClH/c1-11-5-3-6-12(9-11)14(17)16(2)13-7-4-8-15-10-13;/h3,5-6,9,13,15H,4,7-8,10H2,1-2H3;1H/t13-;/m0./s1. The van der Waals surface area contributed by atoms with E-state index in [-0.39, 0.29) is 18.3 Å². The zero-order valence-electron chi connectivity index (χ0n) is 11.0. The van der Waals surface area contributed by atoms with Crippen LogP contribution in [0.15, 0.2) is 24.3 Å². The van der Waals surface area contributed by atoms with E-state index in [1.165, 1.54) is 0 Å². The van der Waals surface area contributed by atoms with Crippen LogP contribution in [0.25, 0.3) is 0 Å². The topological polar surface area (TPSA) is 32.3 Å². The van der Waals surface area contributed by atoms with Gasteiger partial charge in [0.2, 0.25) is 0 Å². The molecule has 0 saturated carbocycles. The minimum atomic E-state index is 0. The Morgan fingerprint density at radius 1 is 1.44 bits per heavy atom. The van der Waals surface area contributed by atoms with Gasteiger partial charge in [-0.3, -0.25) is 4.79 Å². The van der Waals surface area contributed by atoms with Crippen molar-refractivity contribution in [2.45, 2.75) is 25.8 Å². The molecular weight excluding hydrogens is 248 g/mol. The molecule has 1 aromatic rings. The van der Waals surface area contributed by atoms with Crippen LogP contribution in [0.1, 0.15) is 28.8 Å². The Labute approximate surface area is 115 Å². The van der Waals surface area contributed by atoms with Gasteiger partial charge in [0.05, 0.1) is 0 Å². The van der Waals surface area contributed by atoms with Crippen LogP contribution in [-0.2, 0) is 0 Å². The van der Waals surface area contributed by atoms with Gasteiger partial charge < -0.3 is 10.2 Å². The summed E-state index contributed by atoms with van der Waals surface area (Å²) in [7, 11) is 1.91. The number of hydrogen-bond donors (Lipinski definition) is 1. The van der Waals surface area contributed by atoms with Crippen LogP contribution >= 0.6 is 12.4 Å². The Hall–Kier alpha value is -1.06. The molecule has 1 heterocycles. The van der Waals surface area contributed by atoms with Crippen LogP contribution in [0.3, 0.4) is 0 Å². The van der Waals surface area contributed by atoms with Gasteiger partial charge in [0, 0.05) is 25.2 Å². The third-order valence-electron chi connectivity index (χ3n) is 3.40. The molecule has 1 amide bonds. The molecule has 1 aliphatic heterocycles. The fourth-order valence-electron chi connectivity index (χ4n) is 2.31. The van der Waals surface area contributed by atoms with Gasteiger partial charge in [-0.25, -0.2) is 0 Å². The summed E-state index contributed by atoms with van der Waals surface area (Å²) in [5.74, 6) is 0.127. The molecule has 1 atom stereocenters. The molecule has 0 spiro atoms. The zero-order valence-corrected chi connectivity index (χ0v) is 11.8. The van der Waals surface area contributed by atoms with Crippen molar-refractivity contribution in [2.75, 3.05) is 20.1 Å². The van der Waals surface area contributed by atoms with Crippen molar-refractivity contribution < 1.29 is 4.79 Å². The van der Waals surface area contributed by atoms with Gasteiger partial charge >= 0.3 is 0 Å². The molecule has 3 nitrogen and oxygen atoms in total. The molecule has 4 heteroatoms. The summed E-state index contributed by atoms with van der Waals surface area (Å²) >= 11 is 0. The first-order valence-electron chi connectivity index (χ1n) is 6.23. The number of aryl methyl sites for hydroxylation is 1. The summed E-state index contributed by atoms with van der Waals surface area (Å²) < 4.78 is 0. The highest BCUT2D eigenvalue weighted by Crippen LogP contribution is 2.13. The summed E-state index contributed by atoms with van der Waals surface area (Å²) in [5.41, 5.74) is 1.92. The lowest BCUT2D eigenvalue weighted by atomic mass is 10.0. The second-order valence-corrected chi connectivity index (χ2v) is 4.79. The maximum Gasteiger partial charge on any atom is 0.253 e. The molecule has 1 N–H and O–H groups in total. The summed E-state index contributed by atoms with van der Waals surface area (Å²) in [5, 5.41) is 3.34. The number of hydrogen-bond acceptors (Lipinski definition) is 2. The normalized spacial score (nSPS) is 18.9. The number of benzene rings is 1. The Morgan fingerprint density at radius 2 is 2.22 bits per heavy atom. The van der Waals surface area contributed by atoms with Crippen LogP contribution < -0.4 is 5.32 Å². The highest BCUT2D eigenvalue weighted by Gasteiger charge is 2.22. The molecule has 1 aromatic carbocycles. The summed E-state index contributed by atoms with van der Waals surface area (Å²) in [6.45, 7) is 4.00. The van der Waals surface area contributed by atoms with E-state index in [2.05, 4.69) is 5.32 Å². The number of nitrogens with one attached hydrogen (secondary N) is 1. The number of halogens is 1. The first kappa shape index (κ1) is 15.0. The molecule has 1 aliphatic rings. The van der Waals surface area contributed by atoms with Crippen LogP contribution in [0.2, 0.25) is 0 Å². The fourth-order valence-corrected chi connectivity index (χ4v) is 2.31. The van der Waals surface area contributed by atoms with E-state index in [4.69, 9.17) is 0 Å². The van der Waals surface area contributed by atoms with Gasteiger partial charge in [-0.1, -0.05) is 17.7 Å². The highest BCUT2D eigenvalue weighted by atomic mass is 35.5. The lowest BCUT2D eigenvalue weighted by Gasteiger charge is -2.31. The zero-order chi connectivity index (χ0) is 12.3. The molecule has 0 aliphatic carbocycles. The van der Waals surface area contributed by atoms with Crippen LogP contribution in [0, 0.1) is 6.92 Å². The van der Waals surface area contributed by atoms with Gasteiger partial charge in [0.1, 0.15) is 0 Å². The average Bonchev–Trinajstić information content (AvgIpc) is 2.38. The third kappa shape index (κ3) is 3.47. The van der Waals surface area contributed by atoms with Gasteiger partial charge in [0.15, 0.2) is 0 Å². The van der Waals surface area contributed by atoms with Gasteiger partial charge in [-0.2, -0.15) is 0 Å². The maximum atomic E-state index is 12.3. The Kier molecular flexibility index (Phi) is 5.63. The molecule has 0 bridgehead atoms. The van der Waals surface area contributed by atoms with Crippen molar-refractivity contribution in [3.05, 3.63) is 35.4 Å². The molecular formula is C14H21ClN2O. The summed E-state index contributed by atoms with van der Waals surface area (Å²) in [4.78, 5) is 14.2. The summed E-state index contributed by atoms with van der Waals surface area (Å²) in [6, 6.07) is 8.13. The third-order valence-corrected chi connectivity index (χ3v) is 3.40. The van der Waals surface area contributed by atoms with E-state index in [9.17, 15) is 4.79 Å². The van der Waals surface area contributed by atoms with E-state index in [1.807, 2.05) is 43.1 Å². The molecule has 100 valence electrons. The second kappa shape index (κ2) is 6.76. The molecule has 18 heavy (non-hydrogen) atoms. The number of amides is 1. The number of nitrogens with zero attached hydrogens (tertiary/aromatic N) is 1. The number of rotatable bonds is 2. The van der Waals surface area contributed by atoms with Crippen LogP contribution in [0.4, 0.5) is 0 Å². The number of carbonyl (C=O) groups is 1. The Balaban J connectivity index is 0.00000162. The predicted octanol–water partition coefficient (Wildman–Crippen LogP) is 2.24. The maximum absolute atomic E-state index is 12.3. The van der Waals surface area contributed by atoms with Crippen LogP contribution in [-0.4, -0.2) is 37.0 Å². The van der Waals surface area contributed by atoms with E-state index < -0.39 is 0 Å². The number of carbonyl (C=O) groups excluding carboxylic acids is 1. The number of likely N-dealkylation sites (N-methyl/N-ethyl adjacent to an activating group) is 1. The molecule has 0 aromatic heterocycles. The predicted molar refractivity (Wildman–Crippen MR) is 76.4 cm³/mol. The number of piperidine rings is 1. The van der Waals surface area contributed by atoms with Crippen molar-refractivity contribution in [2.24, 2.45) is 0 Å². The first-order chi connectivity index (χ1) is 8.18. The van der Waals surface area contributed by atoms with E-state index in [0.717, 1.165) is 37.1 Å². The summed E-state index contributed by atoms with van der Waals surface area (Å²) in [6.07, 6.45) is 2.25. The molecule has 1 saturated heterocycles. The van der Waals surface area contributed by atoms with Crippen molar-refractivity contribution in [3.8, 4) is 0 Å². The van der Waals surface area contributed by atoms with Crippen molar-refractivity contribution in [1.29, 1.82) is 0 Å². The minimum Gasteiger partial charge on any atom is -0.337 e. The lowest BCUT2D eigenvalue weighted by Crippen LogP contribution is -2.46. The lowest BCUT2D eigenvalue weighted by molar-refractivity contribution is 0.0708. The average molecular weight is 269 g/mol. The van der Waals surface area contributed by atoms with Crippen molar-refractivity contribution in [1.82, 2.24) is 10.2 Å².